The minimum Gasteiger partial charge on any atom is -0.317 e. The quantitative estimate of drug-likeness (QED) is 0.893. The van der Waals surface area contributed by atoms with E-state index in [1.54, 1.807) is 0 Å². The number of aryl methyl sites for hydroxylation is 1. The minimum atomic E-state index is 1.01. The Kier molecular flexibility index (Phi) is 5.70. The van der Waals surface area contributed by atoms with Crippen molar-refractivity contribution >= 4 is 0 Å². The number of benzene rings is 1. The zero-order valence-corrected chi connectivity index (χ0v) is 13.3. The van der Waals surface area contributed by atoms with Gasteiger partial charge in [0.25, 0.3) is 0 Å². The van der Waals surface area contributed by atoms with Gasteiger partial charge in [0.15, 0.2) is 0 Å². The second kappa shape index (κ2) is 7.95. The van der Waals surface area contributed by atoms with Crippen molar-refractivity contribution < 1.29 is 0 Å². The van der Waals surface area contributed by atoms with Crippen molar-refractivity contribution in [3.05, 3.63) is 35.9 Å². The van der Waals surface area contributed by atoms with Crippen molar-refractivity contribution in [1.82, 2.24) is 10.2 Å². The molecule has 1 N–H and O–H groups in total. The molecule has 2 nitrogen and oxygen atoms in total. The summed E-state index contributed by atoms with van der Waals surface area (Å²) >= 11 is 0. The number of hydrogen-bond donors (Lipinski definition) is 1. The molecule has 0 amide bonds. The maximum Gasteiger partial charge on any atom is -0.00156 e. The molecule has 1 aromatic rings. The SMILES string of the molecule is c1ccc(CCCN2CCC(C3CCNCC3)CC2)cc1. The van der Waals surface area contributed by atoms with Crippen LogP contribution in [0.1, 0.15) is 37.7 Å². The van der Waals surface area contributed by atoms with Crippen LogP contribution in [0.5, 0.6) is 0 Å². The van der Waals surface area contributed by atoms with E-state index < -0.39 is 0 Å². The molecule has 0 aliphatic carbocycles. The number of rotatable bonds is 5. The Hall–Kier alpha value is -0.860. The van der Waals surface area contributed by atoms with Crippen molar-refractivity contribution in [2.45, 2.75) is 38.5 Å². The molecule has 2 heteroatoms. The molecule has 2 heterocycles. The van der Waals surface area contributed by atoms with Crippen molar-refractivity contribution in [2.24, 2.45) is 11.8 Å². The summed E-state index contributed by atoms with van der Waals surface area (Å²) in [4.78, 5) is 2.69. The Balaban J connectivity index is 1.34. The molecule has 2 fully saturated rings. The number of nitrogens with zero attached hydrogens (tertiary/aromatic N) is 1. The Labute approximate surface area is 129 Å². The van der Waals surface area contributed by atoms with Crippen LogP contribution in [0, 0.1) is 11.8 Å². The van der Waals surface area contributed by atoms with Gasteiger partial charge in [-0.3, -0.25) is 0 Å². The van der Waals surface area contributed by atoms with Crippen LogP contribution < -0.4 is 5.32 Å². The molecule has 0 unspecified atom stereocenters. The molecule has 0 atom stereocenters. The zero-order valence-electron chi connectivity index (χ0n) is 13.3. The highest BCUT2D eigenvalue weighted by atomic mass is 15.1. The normalized spacial score (nSPS) is 22.5. The molecular formula is C19H30N2. The molecule has 0 radical (unpaired) electrons. The topological polar surface area (TPSA) is 15.3 Å². The molecular weight excluding hydrogens is 256 g/mol. The van der Waals surface area contributed by atoms with Gasteiger partial charge in [-0.1, -0.05) is 30.3 Å². The molecule has 116 valence electrons. The van der Waals surface area contributed by atoms with Gasteiger partial charge in [0.05, 0.1) is 0 Å². The van der Waals surface area contributed by atoms with Crippen LogP contribution in [0.25, 0.3) is 0 Å². The first kappa shape index (κ1) is 15.1. The van der Waals surface area contributed by atoms with Gasteiger partial charge in [0, 0.05) is 0 Å². The van der Waals surface area contributed by atoms with Gasteiger partial charge in [-0.05, 0) is 88.6 Å². The molecule has 2 aliphatic rings. The number of nitrogens with one attached hydrogen (secondary N) is 1. The van der Waals surface area contributed by atoms with E-state index in [1.165, 1.54) is 76.8 Å². The first-order valence-electron chi connectivity index (χ1n) is 8.89. The van der Waals surface area contributed by atoms with Crippen LogP contribution in [0.3, 0.4) is 0 Å². The van der Waals surface area contributed by atoms with Crippen LogP contribution >= 0.6 is 0 Å². The van der Waals surface area contributed by atoms with Gasteiger partial charge < -0.3 is 10.2 Å². The summed E-state index contributed by atoms with van der Waals surface area (Å²) in [6.07, 6.45) is 8.25. The summed E-state index contributed by atoms with van der Waals surface area (Å²) in [5.41, 5.74) is 1.49. The number of piperidine rings is 2. The molecule has 2 aliphatic heterocycles. The lowest BCUT2D eigenvalue weighted by molar-refractivity contribution is 0.130. The first-order chi connectivity index (χ1) is 10.4. The Morgan fingerprint density at radius 3 is 2.29 bits per heavy atom. The monoisotopic (exact) mass is 286 g/mol. The van der Waals surface area contributed by atoms with E-state index in [4.69, 9.17) is 0 Å². The fourth-order valence-corrected chi connectivity index (χ4v) is 4.12. The van der Waals surface area contributed by atoms with Crippen LogP contribution in [0.4, 0.5) is 0 Å². The van der Waals surface area contributed by atoms with Crippen LogP contribution in [0.2, 0.25) is 0 Å². The summed E-state index contributed by atoms with van der Waals surface area (Å²) in [6.45, 7) is 6.46. The highest BCUT2D eigenvalue weighted by Gasteiger charge is 2.27. The van der Waals surface area contributed by atoms with Gasteiger partial charge in [0.1, 0.15) is 0 Å². The van der Waals surface area contributed by atoms with E-state index in [-0.39, 0.29) is 0 Å². The molecule has 1 aromatic carbocycles. The fourth-order valence-electron chi connectivity index (χ4n) is 4.12. The lowest BCUT2D eigenvalue weighted by Gasteiger charge is -2.37. The third kappa shape index (κ3) is 4.55. The summed E-state index contributed by atoms with van der Waals surface area (Å²) in [6, 6.07) is 10.9. The Bertz CT molecular complexity index is 389. The summed E-state index contributed by atoms with van der Waals surface area (Å²) in [5.74, 6) is 2.02. The minimum absolute atomic E-state index is 1.01. The van der Waals surface area contributed by atoms with E-state index in [0.717, 1.165) is 11.8 Å². The highest BCUT2D eigenvalue weighted by Crippen LogP contribution is 2.30. The van der Waals surface area contributed by atoms with E-state index >= 15 is 0 Å². The number of hydrogen-bond acceptors (Lipinski definition) is 2. The van der Waals surface area contributed by atoms with E-state index in [9.17, 15) is 0 Å². The predicted molar refractivity (Wildman–Crippen MR) is 89.5 cm³/mol. The fraction of sp³-hybridized carbons (Fsp3) is 0.684. The van der Waals surface area contributed by atoms with Crippen molar-refractivity contribution in [3.8, 4) is 0 Å². The smallest absolute Gasteiger partial charge is 0.00156 e. The summed E-state index contributed by atoms with van der Waals surface area (Å²) < 4.78 is 0. The van der Waals surface area contributed by atoms with Gasteiger partial charge in [-0.2, -0.15) is 0 Å². The second-order valence-corrected chi connectivity index (χ2v) is 6.86. The Morgan fingerprint density at radius 1 is 0.905 bits per heavy atom. The van der Waals surface area contributed by atoms with Crippen LogP contribution in [-0.4, -0.2) is 37.6 Å². The highest BCUT2D eigenvalue weighted by molar-refractivity contribution is 5.14. The molecule has 0 spiro atoms. The molecule has 3 rings (SSSR count). The van der Waals surface area contributed by atoms with E-state index in [1.807, 2.05) is 0 Å². The van der Waals surface area contributed by atoms with Gasteiger partial charge in [0.2, 0.25) is 0 Å². The predicted octanol–water partition coefficient (Wildman–Crippen LogP) is 3.33. The van der Waals surface area contributed by atoms with Crippen LogP contribution in [0.15, 0.2) is 30.3 Å². The third-order valence-corrected chi connectivity index (χ3v) is 5.47. The molecule has 21 heavy (non-hydrogen) atoms. The van der Waals surface area contributed by atoms with Gasteiger partial charge in [-0.15, -0.1) is 0 Å². The summed E-state index contributed by atoms with van der Waals surface area (Å²) in [5, 5.41) is 3.50. The van der Waals surface area contributed by atoms with E-state index in [0.29, 0.717) is 0 Å². The zero-order chi connectivity index (χ0) is 14.3. The maximum absolute atomic E-state index is 3.50. The van der Waals surface area contributed by atoms with Crippen molar-refractivity contribution in [3.63, 3.8) is 0 Å². The van der Waals surface area contributed by atoms with Gasteiger partial charge >= 0.3 is 0 Å². The van der Waals surface area contributed by atoms with Crippen molar-refractivity contribution in [1.29, 1.82) is 0 Å². The summed E-state index contributed by atoms with van der Waals surface area (Å²) in [7, 11) is 0. The molecule has 2 saturated heterocycles. The first-order valence-corrected chi connectivity index (χ1v) is 8.89. The van der Waals surface area contributed by atoms with Gasteiger partial charge in [-0.25, -0.2) is 0 Å². The van der Waals surface area contributed by atoms with Crippen molar-refractivity contribution in [2.75, 3.05) is 32.7 Å². The second-order valence-electron chi connectivity index (χ2n) is 6.86. The number of likely N-dealkylation sites (tertiary alicyclic amines) is 1. The standard InChI is InChI=1S/C19H30N2/c1-2-5-17(6-3-1)7-4-14-21-15-10-19(11-16-21)18-8-12-20-13-9-18/h1-3,5-6,18-20H,4,7-16H2. The largest absolute Gasteiger partial charge is 0.317 e. The maximum atomic E-state index is 3.50. The average Bonchev–Trinajstić information content (AvgIpc) is 2.57. The average molecular weight is 286 g/mol. The third-order valence-electron chi connectivity index (χ3n) is 5.47. The molecule has 0 bridgehead atoms. The lowest BCUT2D eigenvalue weighted by Crippen LogP contribution is -2.39. The van der Waals surface area contributed by atoms with Crippen LogP contribution in [-0.2, 0) is 6.42 Å². The van der Waals surface area contributed by atoms with E-state index in [2.05, 4.69) is 40.5 Å². The molecule has 0 saturated carbocycles. The Morgan fingerprint density at radius 2 is 1.57 bits per heavy atom. The lowest BCUT2D eigenvalue weighted by atomic mass is 9.79. The molecule has 0 aromatic heterocycles.